The van der Waals surface area contributed by atoms with Crippen molar-refractivity contribution < 1.29 is 22.4 Å². The molecule has 0 spiro atoms. The molecule has 1 amide bonds. The molecule has 22 heavy (non-hydrogen) atoms. The summed E-state index contributed by atoms with van der Waals surface area (Å²) in [5.74, 6) is 0.937. The van der Waals surface area contributed by atoms with Gasteiger partial charge in [0.15, 0.2) is 9.84 Å². The summed E-state index contributed by atoms with van der Waals surface area (Å²) in [7, 11) is -1.48. The molecule has 2 aromatic rings. The second-order valence-corrected chi connectivity index (χ2v) is 7.70. The molecule has 2 heterocycles. The van der Waals surface area contributed by atoms with Crippen molar-refractivity contribution in [1.82, 2.24) is 5.32 Å². The van der Waals surface area contributed by atoms with E-state index in [2.05, 4.69) is 5.32 Å². The van der Waals surface area contributed by atoms with Crippen molar-refractivity contribution in [3.63, 3.8) is 0 Å². The van der Waals surface area contributed by atoms with Crippen molar-refractivity contribution in [2.45, 2.75) is 19.4 Å². The zero-order valence-corrected chi connectivity index (χ0v) is 13.2. The van der Waals surface area contributed by atoms with Gasteiger partial charge in [0.2, 0.25) is 0 Å². The van der Waals surface area contributed by atoms with Gasteiger partial charge in [-0.05, 0) is 31.5 Å². The number of hydrogen-bond acceptors (Lipinski definition) is 5. The molecule has 1 aliphatic rings. The summed E-state index contributed by atoms with van der Waals surface area (Å²) >= 11 is 0. The van der Waals surface area contributed by atoms with E-state index in [0.29, 0.717) is 34.5 Å². The Morgan fingerprint density at radius 2 is 2.18 bits per heavy atom. The zero-order valence-electron chi connectivity index (χ0n) is 12.4. The Kier molecular flexibility index (Phi) is 3.60. The lowest BCUT2D eigenvalue weighted by molar-refractivity contribution is 0.0941. The van der Waals surface area contributed by atoms with Gasteiger partial charge in [-0.1, -0.05) is 0 Å². The molecule has 1 aromatic carbocycles. The Hall–Kier alpha value is -2.02. The lowest BCUT2D eigenvalue weighted by Crippen LogP contribution is -2.35. The van der Waals surface area contributed by atoms with Gasteiger partial charge >= 0.3 is 0 Å². The van der Waals surface area contributed by atoms with Gasteiger partial charge < -0.3 is 14.5 Å². The van der Waals surface area contributed by atoms with Crippen molar-refractivity contribution in [2.24, 2.45) is 0 Å². The highest BCUT2D eigenvalue weighted by molar-refractivity contribution is 7.91. The first-order valence-corrected chi connectivity index (χ1v) is 8.80. The molecule has 1 atom stereocenters. The fourth-order valence-corrected chi connectivity index (χ4v) is 4.45. The number of hydrogen-bond donors (Lipinski definition) is 1. The predicted molar refractivity (Wildman–Crippen MR) is 82.0 cm³/mol. The smallest absolute Gasteiger partial charge is 0.255 e. The van der Waals surface area contributed by atoms with E-state index in [1.165, 1.54) is 0 Å². The van der Waals surface area contributed by atoms with Crippen LogP contribution in [-0.4, -0.2) is 39.0 Å². The highest BCUT2D eigenvalue weighted by Crippen LogP contribution is 2.29. The molecule has 1 N–H and O–H groups in total. The molecule has 0 bridgehead atoms. The molecule has 1 unspecified atom stereocenters. The summed E-state index contributed by atoms with van der Waals surface area (Å²) in [4.78, 5) is 12.5. The van der Waals surface area contributed by atoms with Gasteiger partial charge in [0, 0.05) is 11.4 Å². The van der Waals surface area contributed by atoms with Crippen molar-refractivity contribution in [3.05, 3.63) is 29.5 Å². The maximum absolute atomic E-state index is 12.5. The number of aryl methyl sites for hydroxylation is 1. The number of sulfone groups is 1. The van der Waals surface area contributed by atoms with E-state index in [-0.39, 0.29) is 23.5 Å². The van der Waals surface area contributed by atoms with Crippen LogP contribution in [0.1, 0.15) is 22.5 Å². The number of benzene rings is 1. The predicted octanol–water partition coefficient (Wildman–Crippen LogP) is 1.67. The highest BCUT2D eigenvalue weighted by Gasteiger charge is 2.30. The molecule has 0 radical (unpaired) electrons. The number of carbonyl (C=O) groups excluding carboxylic acids is 1. The first-order chi connectivity index (χ1) is 10.4. The number of carbonyl (C=O) groups is 1. The summed E-state index contributed by atoms with van der Waals surface area (Å²) in [5, 5.41) is 3.45. The lowest BCUT2D eigenvalue weighted by Gasteiger charge is -2.10. The van der Waals surface area contributed by atoms with E-state index in [4.69, 9.17) is 9.15 Å². The van der Waals surface area contributed by atoms with E-state index in [9.17, 15) is 13.2 Å². The summed E-state index contributed by atoms with van der Waals surface area (Å²) in [6, 6.07) is 4.91. The van der Waals surface area contributed by atoms with Crippen molar-refractivity contribution in [3.8, 4) is 5.75 Å². The van der Waals surface area contributed by atoms with Crippen LogP contribution in [0.5, 0.6) is 5.75 Å². The minimum absolute atomic E-state index is 0.00308. The number of fused-ring (bicyclic) bond motifs is 1. The maximum Gasteiger partial charge on any atom is 0.255 e. The lowest BCUT2D eigenvalue weighted by atomic mass is 10.1. The third-order valence-electron chi connectivity index (χ3n) is 3.87. The Bertz CT molecular complexity index is 837. The Balaban J connectivity index is 1.92. The van der Waals surface area contributed by atoms with Gasteiger partial charge in [-0.2, -0.15) is 0 Å². The molecule has 1 fully saturated rings. The molecule has 0 saturated carbocycles. The number of nitrogens with one attached hydrogen (secondary N) is 1. The van der Waals surface area contributed by atoms with Gasteiger partial charge in [-0.15, -0.1) is 0 Å². The maximum atomic E-state index is 12.5. The minimum Gasteiger partial charge on any atom is -0.497 e. The number of furan rings is 1. The third-order valence-corrected chi connectivity index (χ3v) is 5.63. The topological polar surface area (TPSA) is 85.6 Å². The fraction of sp³-hybridized carbons (Fsp3) is 0.400. The van der Waals surface area contributed by atoms with Gasteiger partial charge in [-0.25, -0.2) is 8.42 Å². The van der Waals surface area contributed by atoms with Crippen LogP contribution in [0.4, 0.5) is 0 Å². The molecule has 0 aliphatic carbocycles. The zero-order chi connectivity index (χ0) is 15.9. The van der Waals surface area contributed by atoms with Crippen LogP contribution in [0.2, 0.25) is 0 Å². The number of ether oxygens (including phenoxy) is 1. The van der Waals surface area contributed by atoms with Gasteiger partial charge in [0.25, 0.3) is 5.91 Å². The summed E-state index contributed by atoms with van der Waals surface area (Å²) in [6.45, 7) is 1.72. The largest absolute Gasteiger partial charge is 0.497 e. The van der Waals surface area contributed by atoms with Crippen LogP contribution in [0, 0.1) is 6.92 Å². The second kappa shape index (κ2) is 5.31. The molecule has 118 valence electrons. The van der Waals surface area contributed by atoms with Crippen LogP contribution < -0.4 is 10.1 Å². The monoisotopic (exact) mass is 323 g/mol. The summed E-state index contributed by atoms with van der Waals surface area (Å²) in [6.07, 6.45) is 0.451. The van der Waals surface area contributed by atoms with Gasteiger partial charge in [0.1, 0.15) is 17.1 Å². The minimum atomic E-state index is -3.03. The van der Waals surface area contributed by atoms with E-state index in [1.54, 1.807) is 32.2 Å². The normalized spacial score (nSPS) is 20.2. The van der Waals surface area contributed by atoms with Gasteiger partial charge in [0.05, 0.1) is 24.2 Å². The van der Waals surface area contributed by atoms with Crippen molar-refractivity contribution in [1.29, 1.82) is 0 Å². The molecule has 1 aromatic heterocycles. The Morgan fingerprint density at radius 3 is 2.82 bits per heavy atom. The molecule has 7 heteroatoms. The number of methoxy groups -OCH3 is 1. The highest BCUT2D eigenvalue weighted by atomic mass is 32.2. The first kappa shape index (κ1) is 14.9. The molecule has 1 saturated heterocycles. The molecule has 1 aliphatic heterocycles. The van der Waals surface area contributed by atoms with E-state index < -0.39 is 9.84 Å². The average molecular weight is 323 g/mol. The van der Waals surface area contributed by atoms with Crippen LogP contribution in [0.3, 0.4) is 0 Å². The van der Waals surface area contributed by atoms with Crippen LogP contribution in [0.25, 0.3) is 11.0 Å². The number of amides is 1. The van der Waals surface area contributed by atoms with Crippen LogP contribution in [0.15, 0.2) is 22.6 Å². The average Bonchev–Trinajstić information content (AvgIpc) is 2.96. The molecular formula is C15H17NO5S. The standard InChI is InChI=1S/C15H17NO5S/c1-9-14(12-7-11(20-2)3-4-13(12)21-9)15(17)16-10-5-6-22(18,19)8-10/h3-4,7,10H,5-6,8H2,1-2H3,(H,16,17). The van der Waals surface area contributed by atoms with Gasteiger partial charge in [-0.3, -0.25) is 4.79 Å². The van der Waals surface area contributed by atoms with E-state index in [1.807, 2.05) is 0 Å². The SMILES string of the molecule is COc1ccc2oc(C)c(C(=O)NC3CCS(=O)(=O)C3)c2c1. The summed E-state index contributed by atoms with van der Waals surface area (Å²) in [5.41, 5.74) is 1.03. The van der Waals surface area contributed by atoms with Crippen LogP contribution >= 0.6 is 0 Å². The van der Waals surface area contributed by atoms with Crippen molar-refractivity contribution >= 4 is 26.7 Å². The summed E-state index contributed by atoms with van der Waals surface area (Å²) < 4.78 is 33.7. The molecule has 3 rings (SSSR count). The Morgan fingerprint density at radius 1 is 1.41 bits per heavy atom. The molecular weight excluding hydrogens is 306 g/mol. The quantitative estimate of drug-likeness (QED) is 0.928. The third kappa shape index (κ3) is 2.68. The number of rotatable bonds is 3. The Labute approximate surface area is 128 Å². The van der Waals surface area contributed by atoms with Crippen molar-refractivity contribution in [2.75, 3.05) is 18.6 Å². The second-order valence-electron chi connectivity index (χ2n) is 5.47. The molecule has 6 nitrogen and oxygen atoms in total. The fourth-order valence-electron chi connectivity index (χ4n) is 2.77. The first-order valence-electron chi connectivity index (χ1n) is 6.98. The van der Waals surface area contributed by atoms with E-state index >= 15 is 0 Å². The van der Waals surface area contributed by atoms with Crippen LogP contribution in [-0.2, 0) is 9.84 Å². The van der Waals surface area contributed by atoms with E-state index in [0.717, 1.165) is 0 Å².